The molecule has 110 valence electrons. The van der Waals surface area contributed by atoms with E-state index in [1.165, 1.54) is 4.57 Å². The van der Waals surface area contributed by atoms with Crippen molar-refractivity contribution in [3.8, 4) is 0 Å². The number of nitrogens with two attached hydrogens (primary N) is 1. The molecule has 0 aliphatic heterocycles. The van der Waals surface area contributed by atoms with Gasteiger partial charge in [0.2, 0.25) is 0 Å². The van der Waals surface area contributed by atoms with E-state index in [2.05, 4.69) is 4.98 Å². The molecule has 0 aliphatic carbocycles. The standard InChI is InChI=1S/C13H21N5O2/c1-5-9-15-11-10(16(9)4)12(19)17(7-6-14)13(20)18(11)8(2)3/h8H,5-7,14H2,1-4H3. The molecule has 0 amide bonds. The molecule has 2 aromatic heterocycles. The van der Waals surface area contributed by atoms with Gasteiger partial charge in [-0.05, 0) is 13.8 Å². The maximum Gasteiger partial charge on any atom is 0.333 e. The van der Waals surface area contributed by atoms with Gasteiger partial charge in [0.25, 0.3) is 5.56 Å². The largest absolute Gasteiger partial charge is 0.333 e. The molecule has 7 nitrogen and oxygen atoms in total. The predicted octanol–water partition coefficient (Wildman–Crippen LogP) is -0.00130. The number of hydrogen-bond donors (Lipinski definition) is 1. The highest BCUT2D eigenvalue weighted by molar-refractivity contribution is 5.71. The fourth-order valence-corrected chi connectivity index (χ4v) is 2.48. The average Bonchev–Trinajstić information content (AvgIpc) is 2.71. The van der Waals surface area contributed by atoms with Gasteiger partial charge in [0.1, 0.15) is 5.82 Å². The van der Waals surface area contributed by atoms with Crippen LogP contribution in [0.2, 0.25) is 0 Å². The first-order valence-corrected chi connectivity index (χ1v) is 6.84. The molecule has 0 bridgehead atoms. The van der Waals surface area contributed by atoms with Crippen molar-refractivity contribution in [3.05, 3.63) is 26.7 Å². The second-order valence-electron chi connectivity index (χ2n) is 5.10. The van der Waals surface area contributed by atoms with Crippen molar-refractivity contribution in [1.82, 2.24) is 18.7 Å². The molecule has 0 spiro atoms. The molecule has 2 aromatic rings. The molecule has 0 saturated carbocycles. The lowest BCUT2D eigenvalue weighted by Gasteiger charge is -2.13. The van der Waals surface area contributed by atoms with Gasteiger partial charge in [-0.15, -0.1) is 0 Å². The monoisotopic (exact) mass is 279 g/mol. The van der Waals surface area contributed by atoms with Gasteiger partial charge in [-0.2, -0.15) is 0 Å². The van der Waals surface area contributed by atoms with E-state index in [4.69, 9.17) is 5.73 Å². The van der Waals surface area contributed by atoms with Crippen LogP contribution in [-0.4, -0.2) is 25.2 Å². The summed E-state index contributed by atoms with van der Waals surface area (Å²) in [4.78, 5) is 29.4. The SMILES string of the molecule is CCc1nc2c(c(=O)n(CCN)c(=O)n2C(C)C)n1C. The van der Waals surface area contributed by atoms with Crippen molar-refractivity contribution in [2.75, 3.05) is 6.54 Å². The minimum Gasteiger partial charge on any atom is -0.329 e. The highest BCUT2D eigenvalue weighted by atomic mass is 16.2. The molecule has 0 fully saturated rings. The third kappa shape index (κ3) is 1.98. The van der Waals surface area contributed by atoms with E-state index in [0.29, 0.717) is 17.6 Å². The van der Waals surface area contributed by atoms with Crippen LogP contribution >= 0.6 is 0 Å². The van der Waals surface area contributed by atoms with Crippen LogP contribution in [0, 0.1) is 0 Å². The van der Waals surface area contributed by atoms with Gasteiger partial charge >= 0.3 is 5.69 Å². The lowest BCUT2D eigenvalue weighted by atomic mass is 10.3. The Kier molecular flexibility index (Phi) is 3.80. The van der Waals surface area contributed by atoms with Crippen molar-refractivity contribution in [2.24, 2.45) is 12.8 Å². The molecule has 0 atom stereocenters. The number of aryl methyl sites for hydroxylation is 2. The number of imidazole rings is 1. The Morgan fingerprint density at radius 3 is 2.45 bits per heavy atom. The molecule has 0 saturated heterocycles. The predicted molar refractivity (Wildman–Crippen MR) is 78.1 cm³/mol. The van der Waals surface area contributed by atoms with Gasteiger partial charge in [0.15, 0.2) is 11.2 Å². The van der Waals surface area contributed by atoms with E-state index in [1.807, 2.05) is 20.8 Å². The van der Waals surface area contributed by atoms with Gasteiger partial charge < -0.3 is 10.3 Å². The number of fused-ring (bicyclic) bond motifs is 1. The maximum absolute atomic E-state index is 12.5. The Morgan fingerprint density at radius 1 is 1.30 bits per heavy atom. The number of nitrogens with zero attached hydrogens (tertiary/aromatic N) is 4. The average molecular weight is 279 g/mol. The Bertz CT molecular complexity index is 751. The van der Waals surface area contributed by atoms with Gasteiger partial charge in [0, 0.05) is 32.6 Å². The topological polar surface area (TPSA) is 87.8 Å². The summed E-state index contributed by atoms with van der Waals surface area (Å²) >= 11 is 0. The normalized spacial score (nSPS) is 11.7. The summed E-state index contributed by atoms with van der Waals surface area (Å²) in [5.74, 6) is 0.788. The van der Waals surface area contributed by atoms with E-state index >= 15 is 0 Å². The molecule has 0 radical (unpaired) electrons. The van der Waals surface area contributed by atoms with Crippen LogP contribution in [0.25, 0.3) is 11.2 Å². The quantitative estimate of drug-likeness (QED) is 0.853. The number of rotatable bonds is 4. The van der Waals surface area contributed by atoms with Crippen molar-refractivity contribution >= 4 is 11.2 Å². The van der Waals surface area contributed by atoms with E-state index in [1.54, 1.807) is 16.2 Å². The van der Waals surface area contributed by atoms with E-state index in [9.17, 15) is 9.59 Å². The fraction of sp³-hybridized carbons (Fsp3) is 0.615. The van der Waals surface area contributed by atoms with E-state index in [-0.39, 0.29) is 30.4 Å². The first-order chi connectivity index (χ1) is 9.43. The second-order valence-corrected chi connectivity index (χ2v) is 5.10. The van der Waals surface area contributed by atoms with E-state index in [0.717, 1.165) is 5.82 Å². The minimum absolute atomic E-state index is 0.0748. The molecule has 2 heterocycles. The second kappa shape index (κ2) is 5.24. The molecule has 20 heavy (non-hydrogen) atoms. The smallest absolute Gasteiger partial charge is 0.329 e. The zero-order chi connectivity index (χ0) is 15.0. The third-order valence-corrected chi connectivity index (χ3v) is 3.47. The number of hydrogen-bond acceptors (Lipinski definition) is 4. The minimum atomic E-state index is -0.344. The first kappa shape index (κ1) is 14.5. The van der Waals surface area contributed by atoms with E-state index < -0.39 is 0 Å². The van der Waals surface area contributed by atoms with Crippen LogP contribution in [-0.2, 0) is 20.0 Å². The molecule has 2 rings (SSSR count). The Hall–Kier alpha value is -1.89. The maximum atomic E-state index is 12.5. The summed E-state index contributed by atoms with van der Waals surface area (Å²) in [7, 11) is 1.80. The van der Waals surface area contributed by atoms with Crippen LogP contribution in [0.1, 0.15) is 32.6 Å². The van der Waals surface area contributed by atoms with Crippen LogP contribution in [0.5, 0.6) is 0 Å². The summed E-state index contributed by atoms with van der Waals surface area (Å²) < 4.78 is 4.53. The molecule has 2 N–H and O–H groups in total. The lowest BCUT2D eigenvalue weighted by molar-refractivity contribution is 0.525. The lowest BCUT2D eigenvalue weighted by Crippen LogP contribution is -2.42. The zero-order valence-electron chi connectivity index (χ0n) is 12.4. The van der Waals surface area contributed by atoms with Gasteiger partial charge in [-0.3, -0.25) is 13.9 Å². The van der Waals surface area contributed by atoms with Crippen molar-refractivity contribution in [1.29, 1.82) is 0 Å². The fourth-order valence-electron chi connectivity index (χ4n) is 2.48. The van der Waals surface area contributed by atoms with Crippen molar-refractivity contribution in [3.63, 3.8) is 0 Å². The summed E-state index contributed by atoms with van der Waals surface area (Å²) in [6.07, 6.45) is 0.702. The number of aromatic nitrogens is 4. The molecule has 0 aromatic carbocycles. The van der Waals surface area contributed by atoms with Crippen molar-refractivity contribution in [2.45, 2.75) is 39.8 Å². The van der Waals surface area contributed by atoms with Crippen LogP contribution in [0.3, 0.4) is 0 Å². The van der Waals surface area contributed by atoms with Crippen LogP contribution in [0.15, 0.2) is 9.59 Å². The summed E-state index contributed by atoms with van der Waals surface area (Å²) in [6.45, 7) is 6.23. The van der Waals surface area contributed by atoms with Crippen LogP contribution < -0.4 is 17.0 Å². The first-order valence-electron chi connectivity index (χ1n) is 6.84. The van der Waals surface area contributed by atoms with Crippen LogP contribution in [0.4, 0.5) is 0 Å². The van der Waals surface area contributed by atoms with Gasteiger partial charge in [-0.1, -0.05) is 6.92 Å². The summed E-state index contributed by atoms with van der Waals surface area (Å²) in [5, 5.41) is 0. The summed E-state index contributed by atoms with van der Waals surface area (Å²) in [6, 6.07) is -0.0748. The molecule has 0 unspecified atom stereocenters. The summed E-state index contributed by atoms with van der Waals surface area (Å²) in [5.41, 5.74) is 5.77. The Balaban J connectivity index is 3.02. The Morgan fingerprint density at radius 2 is 1.95 bits per heavy atom. The highest BCUT2D eigenvalue weighted by Gasteiger charge is 2.20. The van der Waals surface area contributed by atoms with Crippen molar-refractivity contribution < 1.29 is 0 Å². The Labute approximate surface area is 116 Å². The molecule has 0 aliphatic rings. The highest BCUT2D eigenvalue weighted by Crippen LogP contribution is 2.13. The molecular formula is C13H21N5O2. The molecule has 7 heteroatoms. The van der Waals surface area contributed by atoms with Gasteiger partial charge in [-0.25, -0.2) is 9.78 Å². The molecular weight excluding hydrogens is 258 g/mol. The zero-order valence-corrected chi connectivity index (χ0v) is 12.4. The van der Waals surface area contributed by atoms with Gasteiger partial charge in [0.05, 0.1) is 0 Å². The third-order valence-electron chi connectivity index (χ3n) is 3.47.